The van der Waals surface area contributed by atoms with Crippen LogP contribution in [0.2, 0.25) is 0 Å². The monoisotopic (exact) mass is 349 g/mol. The lowest BCUT2D eigenvalue weighted by Gasteiger charge is -2.16. The van der Waals surface area contributed by atoms with E-state index in [-0.39, 0.29) is 12.3 Å². The molecule has 2 rings (SSSR count). The van der Waals surface area contributed by atoms with Gasteiger partial charge in [-0.05, 0) is 36.8 Å². The van der Waals surface area contributed by atoms with Crippen molar-refractivity contribution >= 4 is 21.5 Å². The molecule has 7 nitrogen and oxygen atoms in total. The van der Waals surface area contributed by atoms with Gasteiger partial charge in [0, 0.05) is 39.6 Å². The molecule has 0 aliphatic heterocycles. The second-order valence-electron chi connectivity index (χ2n) is 5.45. The van der Waals surface area contributed by atoms with Crippen molar-refractivity contribution in [1.29, 1.82) is 0 Å². The molecule has 1 N–H and O–H groups in total. The zero-order valence-corrected chi connectivity index (χ0v) is 15.2. The summed E-state index contributed by atoms with van der Waals surface area (Å²) < 4.78 is 20.1. The summed E-state index contributed by atoms with van der Waals surface area (Å²) in [5, 5.41) is 6.98. The van der Waals surface area contributed by atoms with Gasteiger partial charge in [-0.3, -0.25) is 9.48 Å². The highest BCUT2D eigenvalue weighted by Crippen LogP contribution is 2.18. The SMILES string of the molecule is CCn1cc(CC(=O)Nc2ccc(S(=O)(=NC)N(C)C)cc2)cn1. The lowest BCUT2D eigenvalue weighted by atomic mass is 10.2. The van der Waals surface area contributed by atoms with E-state index in [1.54, 1.807) is 53.5 Å². The summed E-state index contributed by atoms with van der Waals surface area (Å²) in [4.78, 5) is 12.7. The maximum Gasteiger partial charge on any atom is 0.228 e. The third-order valence-corrected chi connectivity index (χ3v) is 5.93. The van der Waals surface area contributed by atoms with Crippen LogP contribution in [0.4, 0.5) is 5.69 Å². The number of rotatable bonds is 6. The van der Waals surface area contributed by atoms with E-state index in [0.29, 0.717) is 10.6 Å². The van der Waals surface area contributed by atoms with Gasteiger partial charge in [0.25, 0.3) is 0 Å². The van der Waals surface area contributed by atoms with Gasteiger partial charge in [0.15, 0.2) is 0 Å². The molecule has 0 aliphatic rings. The van der Waals surface area contributed by atoms with Crippen LogP contribution in [0, 0.1) is 0 Å². The van der Waals surface area contributed by atoms with E-state index in [2.05, 4.69) is 14.8 Å². The van der Waals surface area contributed by atoms with Gasteiger partial charge in [-0.25, -0.2) is 12.9 Å². The molecule has 130 valence electrons. The Hall–Kier alpha value is -2.19. The van der Waals surface area contributed by atoms with Crippen molar-refractivity contribution < 1.29 is 9.00 Å². The largest absolute Gasteiger partial charge is 0.326 e. The quantitative estimate of drug-likeness (QED) is 0.866. The Balaban J connectivity index is 2.06. The fourth-order valence-electron chi connectivity index (χ4n) is 2.26. The third kappa shape index (κ3) is 4.01. The Bertz CT molecular complexity index is 817. The predicted molar refractivity (Wildman–Crippen MR) is 95.1 cm³/mol. The second-order valence-corrected chi connectivity index (χ2v) is 8.01. The van der Waals surface area contributed by atoms with Gasteiger partial charge in [0.2, 0.25) is 5.91 Å². The minimum atomic E-state index is -2.58. The average Bonchev–Trinajstić information content (AvgIpc) is 3.02. The predicted octanol–water partition coefficient (Wildman–Crippen LogP) is 2.02. The molecule has 1 aromatic heterocycles. The van der Waals surface area contributed by atoms with Crippen LogP contribution in [-0.2, 0) is 27.7 Å². The number of amides is 1. The van der Waals surface area contributed by atoms with Crippen molar-refractivity contribution in [2.75, 3.05) is 26.5 Å². The Morgan fingerprint density at radius 3 is 2.50 bits per heavy atom. The van der Waals surface area contributed by atoms with E-state index in [0.717, 1.165) is 12.1 Å². The van der Waals surface area contributed by atoms with Crippen molar-refractivity contribution in [3.8, 4) is 0 Å². The molecule has 1 heterocycles. The number of benzene rings is 1. The summed E-state index contributed by atoms with van der Waals surface area (Å²) in [5.41, 5.74) is 1.52. The minimum absolute atomic E-state index is 0.119. The van der Waals surface area contributed by atoms with Crippen LogP contribution >= 0.6 is 0 Å². The molecule has 0 fully saturated rings. The second kappa shape index (κ2) is 7.59. The third-order valence-electron chi connectivity index (χ3n) is 3.56. The van der Waals surface area contributed by atoms with E-state index >= 15 is 0 Å². The van der Waals surface area contributed by atoms with Crippen LogP contribution in [0.25, 0.3) is 0 Å². The van der Waals surface area contributed by atoms with E-state index < -0.39 is 9.92 Å². The Morgan fingerprint density at radius 2 is 2.00 bits per heavy atom. The number of aryl methyl sites for hydroxylation is 1. The van der Waals surface area contributed by atoms with Gasteiger partial charge >= 0.3 is 0 Å². The highest BCUT2D eigenvalue weighted by Gasteiger charge is 2.14. The first-order valence-corrected chi connectivity index (χ1v) is 9.10. The van der Waals surface area contributed by atoms with Crippen LogP contribution in [0.3, 0.4) is 0 Å². The first-order valence-electron chi connectivity index (χ1n) is 7.63. The maximum absolute atomic E-state index is 12.7. The maximum atomic E-state index is 12.7. The Morgan fingerprint density at radius 1 is 1.33 bits per heavy atom. The molecule has 1 amide bonds. The van der Waals surface area contributed by atoms with Gasteiger partial charge in [-0.15, -0.1) is 0 Å². The average molecular weight is 349 g/mol. The summed E-state index contributed by atoms with van der Waals surface area (Å²) >= 11 is 0. The van der Waals surface area contributed by atoms with Crippen molar-refractivity contribution in [2.45, 2.75) is 24.8 Å². The highest BCUT2D eigenvalue weighted by atomic mass is 32.2. The molecule has 24 heavy (non-hydrogen) atoms. The molecular weight excluding hydrogens is 326 g/mol. The molecule has 0 saturated heterocycles. The first-order chi connectivity index (χ1) is 11.4. The lowest BCUT2D eigenvalue weighted by Crippen LogP contribution is -2.22. The Labute approximate surface area is 143 Å². The van der Waals surface area contributed by atoms with Gasteiger partial charge in [-0.2, -0.15) is 5.10 Å². The van der Waals surface area contributed by atoms with Crippen LogP contribution in [-0.4, -0.2) is 45.3 Å². The van der Waals surface area contributed by atoms with E-state index in [1.165, 1.54) is 7.05 Å². The first kappa shape index (κ1) is 18.2. The number of aromatic nitrogens is 2. The zero-order chi connectivity index (χ0) is 17.7. The van der Waals surface area contributed by atoms with E-state index in [4.69, 9.17) is 0 Å². The molecule has 1 aromatic carbocycles. The molecule has 0 saturated carbocycles. The number of hydrogen-bond acceptors (Lipinski definition) is 4. The van der Waals surface area contributed by atoms with Crippen LogP contribution < -0.4 is 5.32 Å². The number of carbonyl (C=O) groups excluding carboxylic acids is 1. The van der Waals surface area contributed by atoms with Gasteiger partial charge in [0.1, 0.15) is 9.92 Å². The van der Waals surface area contributed by atoms with Crippen LogP contribution in [0.1, 0.15) is 12.5 Å². The number of nitrogens with zero attached hydrogens (tertiary/aromatic N) is 4. The van der Waals surface area contributed by atoms with Crippen molar-refractivity contribution in [2.24, 2.45) is 4.36 Å². The van der Waals surface area contributed by atoms with Crippen molar-refractivity contribution in [3.05, 3.63) is 42.2 Å². The summed E-state index contributed by atoms with van der Waals surface area (Å²) in [5.74, 6) is -0.119. The van der Waals surface area contributed by atoms with Crippen molar-refractivity contribution in [3.63, 3.8) is 0 Å². The van der Waals surface area contributed by atoms with Gasteiger partial charge in [0.05, 0.1) is 17.5 Å². The highest BCUT2D eigenvalue weighted by molar-refractivity contribution is 7.91. The topological polar surface area (TPSA) is 79.6 Å². The molecule has 2 aromatic rings. The molecule has 0 aliphatic carbocycles. The van der Waals surface area contributed by atoms with E-state index in [9.17, 15) is 9.00 Å². The van der Waals surface area contributed by atoms with Gasteiger partial charge < -0.3 is 5.32 Å². The molecule has 0 spiro atoms. The molecular formula is C16H23N5O2S. The minimum Gasteiger partial charge on any atom is -0.326 e. The number of hydrogen-bond donors (Lipinski definition) is 1. The number of anilines is 1. The smallest absolute Gasteiger partial charge is 0.228 e. The number of nitrogens with one attached hydrogen (secondary N) is 1. The van der Waals surface area contributed by atoms with Crippen LogP contribution in [0.5, 0.6) is 0 Å². The van der Waals surface area contributed by atoms with E-state index in [1.807, 2.05) is 13.1 Å². The fraction of sp³-hybridized carbons (Fsp3) is 0.375. The summed E-state index contributed by atoms with van der Waals surface area (Å²) in [6.07, 6.45) is 3.82. The fourth-order valence-corrected chi connectivity index (χ4v) is 3.71. The molecule has 0 radical (unpaired) electrons. The molecule has 1 atom stereocenters. The van der Waals surface area contributed by atoms with Crippen molar-refractivity contribution in [1.82, 2.24) is 14.1 Å². The van der Waals surface area contributed by atoms with Gasteiger partial charge in [-0.1, -0.05) is 0 Å². The standard InChI is InChI=1S/C16H23N5O2S/c1-5-21-12-13(11-18-21)10-16(22)19-14-6-8-15(9-7-14)24(23,17-2)20(3)4/h6-9,11-12H,5,10H2,1-4H3,(H,19,22). The molecule has 0 bridgehead atoms. The van der Waals surface area contributed by atoms with Crippen LogP contribution in [0.15, 0.2) is 45.9 Å². The zero-order valence-electron chi connectivity index (χ0n) is 14.4. The summed E-state index contributed by atoms with van der Waals surface area (Å²) in [7, 11) is 2.40. The number of carbonyl (C=O) groups is 1. The lowest BCUT2D eigenvalue weighted by molar-refractivity contribution is -0.115. The molecule has 8 heteroatoms. The normalized spacial score (nSPS) is 13.5. The summed E-state index contributed by atoms with van der Waals surface area (Å²) in [6.45, 7) is 2.77. The molecule has 1 unspecified atom stereocenters. The Kier molecular flexibility index (Phi) is 5.74. The summed E-state index contributed by atoms with van der Waals surface area (Å²) in [6, 6.07) is 6.91.